The summed E-state index contributed by atoms with van der Waals surface area (Å²) in [4.78, 5) is 10.9. The number of halogens is 1. The lowest BCUT2D eigenvalue weighted by Gasteiger charge is -2.13. The van der Waals surface area contributed by atoms with Gasteiger partial charge >= 0.3 is 5.97 Å². The molecule has 0 aliphatic heterocycles. The zero-order chi connectivity index (χ0) is 12.8. The van der Waals surface area contributed by atoms with Crippen molar-refractivity contribution in [2.45, 2.75) is 19.4 Å². The van der Waals surface area contributed by atoms with E-state index in [0.29, 0.717) is 17.4 Å². The van der Waals surface area contributed by atoms with Crippen LogP contribution in [0.25, 0.3) is 0 Å². The summed E-state index contributed by atoms with van der Waals surface area (Å²) in [5.41, 5.74) is 0.802. The zero-order valence-corrected chi connectivity index (χ0v) is 10.5. The van der Waals surface area contributed by atoms with E-state index in [9.17, 15) is 4.79 Å². The van der Waals surface area contributed by atoms with Crippen molar-refractivity contribution in [1.29, 1.82) is 0 Å². The van der Waals surface area contributed by atoms with Crippen molar-refractivity contribution in [2.24, 2.45) is 0 Å². The summed E-state index contributed by atoms with van der Waals surface area (Å²) >= 11 is 5.96. The number of ether oxygens (including phenoxy) is 2. The molecule has 94 valence electrons. The quantitative estimate of drug-likeness (QED) is 0.851. The Morgan fingerprint density at radius 1 is 1.53 bits per heavy atom. The van der Waals surface area contributed by atoms with Gasteiger partial charge in [0.15, 0.2) is 6.10 Å². The van der Waals surface area contributed by atoms with Gasteiger partial charge < -0.3 is 14.6 Å². The lowest BCUT2D eigenvalue weighted by molar-refractivity contribution is -0.149. The van der Waals surface area contributed by atoms with Crippen LogP contribution in [0.1, 0.15) is 12.5 Å². The van der Waals surface area contributed by atoms with E-state index in [1.807, 2.05) is 0 Å². The third kappa shape index (κ3) is 3.91. The van der Waals surface area contributed by atoms with Crippen molar-refractivity contribution >= 4 is 17.6 Å². The predicted molar refractivity (Wildman–Crippen MR) is 64.8 cm³/mol. The summed E-state index contributed by atoms with van der Waals surface area (Å²) < 4.78 is 10.2. The van der Waals surface area contributed by atoms with E-state index in [0.717, 1.165) is 5.56 Å². The summed E-state index contributed by atoms with van der Waals surface area (Å²) in [5, 5.41) is 9.42. The molecular formula is C12H15ClO4. The zero-order valence-electron chi connectivity index (χ0n) is 9.77. The number of benzene rings is 1. The maximum atomic E-state index is 10.9. The maximum Gasteiger partial charge on any atom is 0.333 e. The molecule has 1 unspecified atom stereocenters. The van der Waals surface area contributed by atoms with Crippen LogP contribution in [-0.4, -0.2) is 30.9 Å². The SMILES string of the molecule is CCOC(Cc1ccc(OC)c(Cl)c1)C(=O)O. The Morgan fingerprint density at radius 2 is 2.24 bits per heavy atom. The van der Waals surface area contributed by atoms with Gasteiger partial charge in [-0.15, -0.1) is 0 Å². The highest BCUT2D eigenvalue weighted by molar-refractivity contribution is 6.32. The van der Waals surface area contributed by atoms with Crippen LogP contribution in [0.3, 0.4) is 0 Å². The Hall–Kier alpha value is -1.26. The second kappa shape index (κ2) is 6.47. The third-order valence-electron chi connectivity index (χ3n) is 2.28. The van der Waals surface area contributed by atoms with Crippen molar-refractivity contribution in [2.75, 3.05) is 13.7 Å². The fourth-order valence-electron chi connectivity index (χ4n) is 1.47. The molecule has 0 saturated carbocycles. The molecule has 0 aliphatic rings. The maximum absolute atomic E-state index is 10.9. The normalized spacial score (nSPS) is 12.2. The van der Waals surface area contributed by atoms with Gasteiger partial charge in [-0.25, -0.2) is 4.79 Å². The molecule has 1 aromatic carbocycles. The molecule has 0 amide bonds. The van der Waals surface area contributed by atoms with Crippen LogP contribution in [0.15, 0.2) is 18.2 Å². The summed E-state index contributed by atoms with van der Waals surface area (Å²) in [6.45, 7) is 2.12. The molecule has 0 spiro atoms. The van der Waals surface area contributed by atoms with Crippen LogP contribution in [0.2, 0.25) is 5.02 Å². The van der Waals surface area contributed by atoms with Crippen LogP contribution in [0, 0.1) is 0 Å². The highest BCUT2D eigenvalue weighted by Gasteiger charge is 2.18. The molecule has 1 aromatic rings. The van der Waals surface area contributed by atoms with Gasteiger partial charge in [0, 0.05) is 13.0 Å². The van der Waals surface area contributed by atoms with Gasteiger partial charge in [-0.3, -0.25) is 0 Å². The number of carboxylic acid groups (broad SMARTS) is 1. The Morgan fingerprint density at radius 3 is 2.71 bits per heavy atom. The van der Waals surface area contributed by atoms with E-state index in [1.54, 1.807) is 25.1 Å². The Kier molecular flexibility index (Phi) is 5.25. The van der Waals surface area contributed by atoms with E-state index >= 15 is 0 Å². The number of carbonyl (C=O) groups is 1. The highest BCUT2D eigenvalue weighted by atomic mass is 35.5. The fourth-order valence-corrected chi connectivity index (χ4v) is 1.75. The van der Waals surface area contributed by atoms with Crippen molar-refractivity contribution in [3.05, 3.63) is 28.8 Å². The molecule has 0 saturated heterocycles. The van der Waals surface area contributed by atoms with Crippen LogP contribution in [0.4, 0.5) is 0 Å². The second-order valence-corrected chi connectivity index (χ2v) is 3.86. The van der Waals surface area contributed by atoms with Crippen LogP contribution >= 0.6 is 11.6 Å². The van der Waals surface area contributed by atoms with E-state index in [1.165, 1.54) is 7.11 Å². The average molecular weight is 259 g/mol. The van der Waals surface area contributed by atoms with E-state index in [2.05, 4.69) is 0 Å². The van der Waals surface area contributed by atoms with Gasteiger partial charge in [0.05, 0.1) is 12.1 Å². The van der Waals surface area contributed by atoms with Gasteiger partial charge in [0.1, 0.15) is 5.75 Å². The molecule has 1 atom stereocenters. The monoisotopic (exact) mass is 258 g/mol. The Balaban J connectivity index is 2.79. The average Bonchev–Trinajstić information content (AvgIpc) is 2.28. The predicted octanol–water partition coefficient (Wildman–Crippen LogP) is 2.38. The molecule has 17 heavy (non-hydrogen) atoms. The first kappa shape index (κ1) is 13.8. The van der Waals surface area contributed by atoms with Crippen LogP contribution in [0.5, 0.6) is 5.75 Å². The number of rotatable bonds is 6. The van der Waals surface area contributed by atoms with Gasteiger partial charge in [-0.1, -0.05) is 17.7 Å². The minimum atomic E-state index is -0.973. The lowest BCUT2D eigenvalue weighted by atomic mass is 10.1. The standard InChI is InChI=1S/C12H15ClO4/c1-3-17-11(12(14)15)7-8-4-5-10(16-2)9(13)6-8/h4-6,11H,3,7H2,1-2H3,(H,14,15). The summed E-state index contributed by atoms with van der Waals surface area (Å²) in [6, 6.07) is 5.18. The molecule has 0 fully saturated rings. The molecule has 1 rings (SSSR count). The number of hydrogen-bond acceptors (Lipinski definition) is 3. The number of carboxylic acids is 1. The molecule has 0 heterocycles. The van der Waals surface area contributed by atoms with E-state index in [4.69, 9.17) is 26.2 Å². The third-order valence-corrected chi connectivity index (χ3v) is 2.58. The van der Waals surface area contributed by atoms with Crippen molar-refractivity contribution in [1.82, 2.24) is 0 Å². The minimum Gasteiger partial charge on any atom is -0.495 e. The van der Waals surface area contributed by atoms with Crippen molar-refractivity contribution < 1.29 is 19.4 Å². The van der Waals surface area contributed by atoms with Gasteiger partial charge in [0.2, 0.25) is 0 Å². The Bertz CT molecular complexity index is 392. The molecule has 0 aromatic heterocycles. The molecule has 0 bridgehead atoms. The Labute approximate surface area is 105 Å². The summed E-state index contributed by atoms with van der Waals surface area (Å²) in [6.07, 6.45) is -0.558. The number of hydrogen-bond donors (Lipinski definition) is 1. The lowest BCUT2D eigenvalue weighted by Crippen LogP contribution is -2.26. The summed E-state index contributed by atoms with van der Waals surface area (Å²) in [7, 11) is 1.53. The summed E-state index contributed by atoms with van der Waals surface area (Å²) in [5.74, 6) is -0.405. The molecule has 0 radical (unpaired) electrons. The molecular weight excluding hydrogens is 244 g/mol. The largest absolute Gasteiger partial charge is 0.495 e. The molecule has 1 N–H and O–H groups in total. The van der Waals surface area contributed by atoms with Crippen molar-refractivity contribution in [3.8, 4) is 5.75 Å². The van der Waals surface area contributed by atoms with Gasteiger partial charge in [-0.05, 0) is 24.6 Å². The molecule has 5 heteroatoms. The highest BCUT2D eigenvalue weighted by Crippen LogP contribution is 2.25. The first-order chi connectivity index (χ1) is 8.08. The molecule has 4 nitrogen and oxygen atoms in total. The van der Waals surface area contributed by atoms with Crippen LogP contribution < -0.4 is 4.74 Å². The fraction of sp³-hybridized carbons (Fsp3) is 0.417. The van der Waals surface area contributed by atoms with Crippen molar-refractivity contribution in [3.63, 3.8) is 0 Å². The molecule has 0 aliphatic carbocycles. The van der Waals surface area contributed by atoms with E-state index in [-0.39, 0.29) is 6.42 Å². The smallest absolute Gasteiger partial charge is 0.333 e. The van der Waals surface area contributed by atoms with E-state index < -0.39 is 12.1 Å². The minimum absolute atomic E-state index is 0.285. The van der Waals surface area contributed by atoms with Crippen LogP contribution in [-0.2, 0) is 16.0 Å². The number of aliphatic carboxylic acids is 1. The van der Waals surface area contributed by atoms with Gasteiger partial charge in [0.25, 0.3) is 0 Å². The first-order valence-electron chi connectivity index (χ1n) is 5.25. The topological polar surface area (TPSA) is 55.8 Å². The van der Waals surface area contributed by atoms with Gasteiger partial charge in [-0.2, -0.15) is 0 Å². The second-order valence-electron chi connectivity index (χ2n) is 3.46. The number of methoxy groups -OCH3 is 1. The first-order valence-corrected chi connectivity index (χ1v) is 5.63.